The molecule has 0 fully saturated rings. The van der Waals surface area contributed by atoms with Crippen LogP contribution >= 0.6 is 15.9 Å². The van der Waals surface area contributed by atoms with Gasteiger partial charge in [-0.3, -0.25) is 10.1 Å². The van der Waals surface area contributed by atoms with Gasteiger partial charge in [0.15, 0.2) is 5.82 Å². The summed E-state index contributed by atoms with van der Waals surface area (Å²) in [6, 6.07) is 0. The molecule has 0 spiro atoms. The third-order valence-corrected chi connectivity index (χ3v) is 3.38. The van der Waals surface area contributed by atoms with Crippen LogP contribution in [0.3, 0.4) is 0 Å². The van der Waals surface area contributed by atoms with Crippen LogP contribution in [0.4, 0.5) is 11.5 Å². The average Bonchev–Trinajstić information content (AvgIpc) is 2.76. The zero-order chi connectivity index (χ0) is 14.0. The second-order valence-electron chi connectivity index (χ2n) is 3.78. The lowest BCUT2D eigenvalue weighted by Gasteiger charge is -2.07. The van der Waals surface area contributed by atoms with Gasteiger partial charge in [0, 0.05) is 5.56 Å². The largest absolute Gasteiger partial charge is 0.360 e. The van der Waals surface area contributed by atoms with Crippen molar-refractivity contribution in [3.05, 3.63) is 38.1 Å². The molecule has 1 N–H and O–H groups in total. The highest BCUT2D eigenvalue weighted by Gasteiger charge is 2.17. The summed E-state index contributed by atoms with van der Waals surface area (Å²) < 4.78 is 5.48. The number of anilines is 1. The fraction of sp³-hybridized carbons (Fsp3) is 0.300. The van der Waals surface area contributed by atoms with E-state index in [1.807, 2.05) is 0 Å². The van der Waals surface area contributed by atoms with Gasteiger partial charge in [0.05, 0.1) is 15.9 Å². The van der Waals surface area contributed by atoms with Gasteiger partial charge >= 0.3 is 0 Å². The zero-order valence-electron chi connectivity index (χ0n) is 10.2. The van der Waals surface area contributed by atoms with Crippen molar-refractivity contribution in [2.45, 2.75) is 20.4 Å². The Labute approximate surface area is 116 Å². The van der Waals surface area contributed by atoms with Crippen molar-refractivity contribution in [1.82, 2.24) is 15.1 Å². The number of aromatic nitrogens is 3. The normalized spacial score (nSPS) is 10.5. The summed E-state index contributed by atoms with van der Waals surface area (Å²) in [6.45, 7) is 3.66. The molecule has 2 heterocycles. The Morgan fingerprint density at radius 1 is 1.53 bits per heavy atom. The first kappa shape index (κ1) is 13.4. The van der Waals surface area contributed by atoms with E-state index in [4.69, 9.17) is 4.52 Å². The summed E-state index contributed by atoms with van der Waals surface area (Å²) in [5, 5.41) is 17.4. The summed E-state index contributed by atoms with van der Waals surface area (Å²) in [4.78, 5) is 18.3. The standard InChI is InChI=1S/C10H10BrN5O3/c1-5-7(16(17)18)3-12-10(9(5)11)13-4-8-14-6(2)15-19-8/h3H,4H2,1-2H3,(H,12,13). The molecule has 2 aromatic rings. The number of nitro groups is 1. The Kier molecular flexibility index (Phi) is 3.74. The summed E-state index contributed by atoms with van der Waals surface area (Å²) in [6.07, 6.45) is 1.21. The fourth-order valence-corrected chi connectivity index (χ4v) is 1.89. The van der Waals surface area contributed by atoms with Gasteiger partial charge in [0.2, 0.25) is 5.89 Å². The quantitative estimate of drug-likeness (QED) is 0.678. The van der Waals surface area contributed by atoms with E-state index in [-0.39, 0.29) is 5.69 Å². The second-order valence-corrected chi connectivity index (χ2v) is 4.57. The van der Waals surface area contributed by atoms with Crippen LogP contribution in [0, 0.1) is 24.0 Å². The average molecular weight is 328 g/mol. The highest BCUT2D eigenvalue weighted by Crippen LogP contribution is 2.30. The molecule has 8 nitrogen and oxygen atoms in total. The van der Waals surface area contributed by atoms with Crippen LogP contribution in [0.15, 0.2) is 15.2 Å². The van der Waals surface area contributed by atoms with E-state index in [2.05, 4.69) is 36.4 Å². The van der Waals surface area contributed by atoms with E-state index in [0.29, 0.717) is 34.1 Å². The predicted octanol–water partition coefficient (Wildman–Crippen LogP) is 2.36. The molecular weight excluding hydrogens is 318 g/mol. The molecule has 0 aliphatic carbocycles. The minimum Gasteiger partial charge on any atom is -0.360 e. The second kappa shape index (κ2) is 5.31. The van der Waals surface area contributed by atoms with Crippen LogP contribution in [0.5, 0.6) is 0 Å². The molecule has 0 unspecified atom stereocenters. The maximum atomic E-state index is 10.8. The lowest BCUT2D eigenvalue weighted by molar-refractivity contribution is -0.385. The number of aryl methyl sites for hydroxylation is 1. The van der Waals surface area contributed by atoms with E-state index < -0.39 is 4.92 Å². The zero-order valence-corrected chi connectivity index (χ0v) is 11.8. The third kappa shape index (κ3) is 2.87. The van der Waals surface area contributed by atoms with E-state index >= 15 is 0 Å². The van der Waals surface area contributed by atoms with Gasteiger partial charge in [0.25, 0.3) is 5.69 Å². The van der Waals surface area contributed by atoms with Crippen LogP contribution < -0.4 is 5.32 Å². The fourth-order valence-electron chi connectivity index (χ4n) is 1.45. The maximum absolute atomic E-state index is 10.8. The minimum atomic E-state index is -0.474. The maximum Gasteiger partial charge on any atom is 0.291 e. The first-order valence-corrected chi connectivity index (χ1v) is 6.11. The molecule has 0 bridgehead atoms. The monoisotopic (exact) mass is 327 g/mol. The van der Waals surface area contributed by atoms with Gasteiger partial charge in [-0.25, -0.2) is 4.98 Å². The number of nitrogens with zero attached hydrogens (tertiary/aromatic N) is 4. The summed E-state index contributed by atoms with van der Waals surface area (Å²) in [5.74, 6) is 1.45. The number of hydrogen-bond donors (Lipinski definition) is 1. The van der Waals surface area contributed by atoms with E-state index in [1.54, 1.807) is 13.8 Å². The van der Waals surface area contributed by atoms with Crippen LogP contribution in [-0.4, -0.2) is 20.0 Å². The van der Waals surface area contributed by atoms with E-state index in [0.717, 1.165) is 0 Å². The Balaban J connectivity index is 2.17. The molecule has 2 rings (SSSR count). The molecule has 0 saturated heterocycles. The number of nitrogens with one attached hydrogen (secondary N) is 1. The molecule has 2 aromatic heterocycles. The highest BCUT2D eigenvalue weighted by atomic mass is 79.9. The van der Waals surface area contributed by atoms with Crippen molar-refractivity contribution in [3.8, 4) is 0 Å². The van der Waals surface area contributed by atoms with Crippen molar-refractivity contribution in [3.63, 3.8) is 0 Å². The van der Waals surface area contributed by atoms with Gasteiger partial charge in [0.1, 0.15) is 12.0 Å². The molecule has 0 saturated carbocycles. The van der Waals surface area contributed by atoms with E-state index in [9.17, 15) is 10.1 Å². The first-order valence-electron chi connectivity index (χ1n) is 5.31. The van der Waals surface area contributed by atoms with Crippen LogP contribution in [0.25, 0.3) is 0 Å². The molecule has 0 aromatic carbocycles. The number of hydrogen-bond acceptors (Lipinski definition) is 7. The van der Waals surface area contributed by atoms with Gasteiger partial charge in [-0.2, -0.15) is 4.98 Å². The molecule has 0 radical (unpaired) electrons. The van der Waals surface area contributed by atoms with Gasteiger partial charge < -0.3 is 9.84 Å². The Morgan fingerprint density at radius 3 is 2.84 bits per heavy atom. The van der Waals surface area contributed by atoms with Gasteiger partial charge in [-0.15, -0.1) is 0 Å². The van der Waals surface area contributed by atoms with Crippen LogP contribution in [-0.2, 0) is 6.54 Å². The molecule has 0 amide bonds. The van der Waals surface area contributed by atoms with Crippen LogP contribution in [0.1, 0.15) is 17.3 Å². The smallest absolute Gasteiger partial charge is 0.291 e. The molecule has 19 heavy (non-hydrogen) atoms. The summed E-state index contributed by atoms with van der Waals surface area (Å²) in [5.41, 5.74) is 0.468. The Hall–Kier alpha value is -2.03. The van der Waals surface area contributed by atoms with Crippen molar-refractivity contribution >= 4 is 27.4 Å². The van der Waals surface area contributed by atoms with Crippen LogP contribution in [0.2, 0.25) is 0 Å². The summed E-state index contributed by atoms with van der Waals surface area (Å²) >= 11 is 3.28. The van der Waals surface area contributed by atoms with Crippen molar-refractivity contribution in [1.29, 1.82) is 0 Å². The molecule has 0 atom stereocenters. The molecule has 0 aliphatic heterocycles. The number of pyridine rings is 1. The lowest BCUT2D eigenvalue weighted by Crippen LogP contribution is -2.04. The first-order chi connectivity index (χ1) is 8.99. The molecule has 100 valence electrons. The lowest BCUT2D eigenvalue weighted by atomic mass is 10.2. The van der Waals surface area contributed by atoms with Gasteiger partial charge in [-0.1, -0.05) is 5.16 Å². The van der Waals surface area contributed by atoms with E-state index in [1.165, 1.54) is 6.20 Å². The minimum absolute atomic E-state index is 0.0361. The van der Waals surface area contributed by atoms with Gasteiger partial charge in [-0.05, 0) is 29.8 Å². The topological polar surface area (TPSA) is 107 Å². The van der Waals surface area contributed by atoms with Crippen molar-refractivity contribution in [2.75, 3.05) is 5.32 Å². The van der Waals surface area contributed by atoms with Crippen molar-refractivity contribution < 1.29 is 9.45 Å². The highest BCUT2D eigenvalue weighted by molar-refractivity contribution is 9.10. The third-order valence-electron chi connectivity index (χ3n) is 2.41. The number of halogens is 1. The molecule has 9 heteroatoms. The number of rotatable bonds is 4. The predicted molar refractivity (Wildman–Crippen MR) is 69.7 cm³/mol. The molecular formula is C10H10BrN5O3. The SMILES string of the molecule is Cc1noc(CNc2ncc([N+](=O)[O-])c(C)c2Br)n1. The molecule has 0 aliphatic rings. The summed E-state index contributed by atoms with van der Waals surface area (Å²) in [7, 11) is 0. The Bertz CT molecular complexity index is 628. The van der Waals surface area contributed by atoms with Crippen molar-refractivity contribution in [2.24, 2.45) is 0 Å². The Morgan fingerprint density at radius 2 is 2.26 bits per heavy atom.